The highest BCUT2D eigenvalue weighted by Crippen LogP contribution is 2.37. The zero-order chi connectivity index (χ0) is 10.8. The van der Waals surface area contributed by atoms with Crippen LogP contribution >= 0.6 is 0 Å². The van der Waals surface area contributed by atoms with E-state index in [0.29, 0.717) is 11.8 Å². The van der Waals surface area contributed by atoms with Gasteiger partial charge in [0, 0.05) is 6.61 Å². The molecule has 0 radical (unpaired) electrons. The van der Waals surface area contributed by atoms with E-state index in [1.165, 1.54) is 12.0 Å². The van der Waals surface area contributed by atoms with Crippen LogP contribution in [0.15, 0.2) is 11.6 Å². The van der Waals surface area contributed by atoms with E-state index in [1.807, 2.05) is 0 Å². The van der Waals surface area contributed by atoms with Crippen molar-refractivity contribution in [1.82, 2.24) is 0 Å². The van der Waals surface area contributed by atoms with E-state index in [-0.39, 0.29) is 12.0 Å². The third kappa shape index (κ3) is 2.23. The number of rotatable bonds is 1. The predicted octanol–water partition coefficient (Wildman–Crippen LogP) is 2.91. The van der Waals surface area contributed by atoms with E-state index in [2.05, 4.69) is 26.0 Å². The molecule has 0 amide bonds. The number of nitriles is 1. The highest BCUT2D eigenvalue weighted by Gasteiger charge is 2.36. The van der Waals surface area contributed by atoms with E-state index < -0.39 is 0 Å². The molecular formula is C13H19NO. The molecule has 0 bridgehead atoms. The van der Waals surface area contributed by atoms with Gasteiger partial charge < -0.3 is 4.74 Å². The van der Waals surface area contributed by atoms with E-state index in [1.54, 1.807) is 0 Å². The molecule has 2 heteroatoms. The number of hydrogen-bond donors (Lipinski definition) is 0. The van der Waals surface area contributed by atoms with Gasteiger partial charge >= 0.3 is 0 Å². The summed E-state index contributed by atoms with van der Waals surface area (Å²) >= 11 is 0. The van der Waals surface area contributed by atoms with Gasteiger partial charge in [-0.1, -0.05) is 18.6 Å². The minimum atomic E-state index is 0.132. The lowest BCUT2D eigenvalue weighted by Gasteiger charge is -2.30. The molecule has 2 nitrogen and oxygen atoms in total. The highest BCUT2D eigenvalue weighted by molar-refractivity contribution is 5.09. The third-order valence-electron chi connectivity index (χ3n) is 3.59. The molecule has 2 rings (SSSR count). The molecular weight excluding hydrogens is 186 g/mol. The molecule has 1 aliphatic heterocycles. The van der Waals surface area contributed by atoms with Gasteiger partial charge in [0.15, 0.2) is 0 Å². The summed E-state index contributed by atoms with van der Waals surface area (Å²) < 4.78 is 5.74. The molecule has 1 aliphatic carbocycles. The standard InChI is InChI=1S/C13H19NO/c1-9-5-10(2)7-12(6-9)13-11(8-14)3-4-15-13/h5,9,11-13H,3-4,6-7H2,1-2H3. The summed E-state index contributed by atoms with van der Waals surface area (Å²) in [5, 5.41) is 9.05. The molecule has 15 heavy (non-hydrogen) atoms. The van der Waals surface area contributed by atoms with Crippen molar-refractivity contribution in [1.29, 1.82) is 5.26 Å². The van der Waals surface area contributed by atoms with Crippen molar-refractivity contribution in [3.05, 3.63) is 11.6 Å². The average molecular weight is 205 g/mol. The molecule has 0 spiro atoms. The van der Waals surface area contributed by atoms with Crippen LogP contribution in [0, 0.1) is 29.1 Å². The smallest absolute Gasteiger partial charge is 0.0765 e. The molecule has 4 atom stereocenters. The second-order valence-corrected chi connectivity index (χ2v) is 5.05. The van der Waals surface area contributed by atoms with Crippen LogP contribution in [-0.2, 0) is 4.74 Å². The molecule has 0 aromatic rings. The quantitative estimate of drug-likeness (QED) is 0.617. The summed E-state index contributed by atoms with van der Waals surface area (Å²) in [6, 6.07) is 2.40. The summed E-state index contributed by atoms with van der Waals surface area (Å²) in [4.78, 5) is 0. The van der Waals surface area contributed by atoms with Crippen LogP contribution < -0.4 is 0 Å². The number of allylic oxidation sites excluding steroid dienone is 2. The molecule has 1 heterocycles. The molecule has 4 unspecified atom stereocenters. The van der Waals surface area contributed by atoms with E-state index in [4.69, 9.17) is 10.00 Å². The molecule has 2 aliphatic rings. The molecule has 82 valence electrons. The Labute approximate surface area is 91.9 Å². The van der Waals surface area contributed by atoms with Gasteiger partial charge in [0.1, 0.15) is 0 Å². The van der Waals surface area contributed by atoms with Crippen molar-refractivity contribution in [2.24, 2.45) is 17.8 Å². The van der Waals surface area contributed by atoms with E-state index in [0.717, 1.165) is 19.4 Å². The zero-order valence-electron chi connectivity index (χ0n) is 9.57. The Kier molecular flexibility index (Phi) is 3.11. The third-order valence-corrected chi connectivity index (χ3v) is 3.59. The minimum absolute atomic E-state index is 0.132. The topological polar surface area (TPSA) is 33.0 Å². The Morgan fingerprint density at radius 1 is 1.53 bits per heavy atom. The number of nitrogens with zero attached hydrogens (tertiary/aromatic N) is 1. The summed E-state index contributed by atoms with van der Waals surface area (Å²) in [6.07, 6.45) is 5.77. The Hall–Kier alpha value is -0.810. The highest BCUT2D eigenvalue weighted by atomic mass is 16.5. The van der Waals surface area contributed by atoms with Crippen LogP contribution in [0.1, 0.15) is 33.1 Å². The maximum absolute atomic E-state index is 9.05. The number of ether oxygens (including phenoxy) is 1. The molecule has 0 aromatic carbocycles. The lowest BCUT2D eigenvalue weighted by atomic mass is 9.77. The van der Waals surface area contributed by atoms with Crippen molar-refractivity contribution in [3.63, 3.8) is 0 Å². The number of hydrogen-bond acceptors (Lipinski definition) is 2. The maximum atomic E-state index is 9.05. The first-order chi connectivity index (χ1) is 7.20. The largest absolute Gasteiger partial charge is 0.377 e. The summed E-state index contributed by atoms with van der Waals surface area (Å²) in [5.41, 5.74) is 1.46. The van der Waals surface area contributed by atoms with Crippen LogP contribution in [0.25, 0.3) is 0 Å². The Balaban J connectivity index is 2.06. The van der Waals surface area contributed by atoms with Crippen molar-refractivity contribution in [3.8, 4) is 6.07 Å². The van der Waals surface area contributed by atoms with Crippen LogP contribution in [0.3, 0.4) is 0 Å². The van der Waals surface area contributed by atoms with Gasteiger partial charge in [0.05, 0.1) is 18.1 Å². The van der Waals surface area contributed by atoms with Crippen LogP contribution in [-0.4, -0.2) is 12.7 Å². The van der Waals surface area contributed by atoms with Crippen molar-refractivity contribution < 1.29 is 4.74 Å². The first-order valence-corrected chi connectivity index (χ1v) is 5.89. The van der Waals surface area contributed by atoms with Crippen molar-refractivity contribution >= 4 is 0 Å². The van der Waals surface area contributed by atoms with Gasteiger partial charge in [0.2, 0.25) is 0 Å². The summed E-state index contributed by atoms with van der Waals surface area (Å²) in [5.74, 6) is 1.34. The first-order valence-electron chi connectivity index (χ1n) is 5.89. The lowest BCUT2D eigenvalue weighted by molar-refractivity contribution is 0.0418. The lowest BCUT2D eigenvalue weighted by Crippen LogP contribution is -2.29. The Bertz CT molecular complexity index is 302. The normalized spacial score (nSPS) is 41.0. The SMILES string of the molecule is CC1=CC(C)CC(C2OCCC2C#N)C1. The van der Waals surface area contributed by atoms with Gasteiger partial charge in [-0.05, 0) is 38.0 Å². The second kappa shape index (κ2) is 4.37. The fourth-order valence-corrected chi connectivity index (χ4v) is 3.06. The van der Waals surface area contributed by atoms with Crippen LogP contribution in [0.2, 0.25) is 0 Å². The molecule has 0 saturated carbocycles. The van der Waals surface area contributed by atoms with Crippen LogP contribution in [0.4, 0.5) is 0 Å². The minimum Gasteiger partial charge on any atom is -0.377 e. The van der Waals surface area contributed by atoms with Gasteiger partial charge in [0.25, 0.3) is 0 Å². The van der Waals surface area contributed by atoms with E-state index >= 15 is 0 Å². The maximum Gasteiger partial charge on any atom is 0.0765 e. The van der Waals surface area contributed by atoms with Gasteiger partial charge in [-0.3, -0.25) is 0 Å². The Morgan fingerprint density at radius 2 is 2.33 bits per heavy atom. The van der Waals surface area contributed by atoms with Crippen molar-refractivity contribution in [2.45, 2.75) is 39.2 Å². The predicted molar refractivity (Wildman–Crippen MR) is 59.1 cm³/mol. The van der Waals surface area contributed by atoms with Gasteiger partial charge in [-0.15, -0.1) is 0 Å². The summed E-state index contributed by atoms with van der Waals surface area (Å²) in [7, 11) is 0. The van der Waals surface area contributed by atoms with Crippen molar-refractivity contribution in [2.75, 3.05) is 6.61 Å². The second-order valence-electron chi connectivity index (χ2n) is 5.05. The molecule has 0 N–H and O–H groups in total. The zero-order valence-corrected chi connectivity index (χ0v) is 9.57. The Morgan fingerprint density at radius 3 is 3.00 bits per heavy atom. The molecule has 1 saturated heterocycles. The molecule has 0 aromatic heterocycles. The summed E-state index contributed by atoms with van der Waals surface area (Å²) in [6.45, 7) is 5.22. The fourth-order valence-electron chi connectivity index (χ4n) is 3.06. The molecule has 1 fully saturated rings. The van der Waals surface area contributed by atoms with E-state index in [9.17, 15) is 0 Å². The fraction of sp³-hybridized carbons (Fsp3) is 0.769. The van der Waals surface area contributed by atoms with Gasteiger partial charge in [-0.25, -0.2) is 0 Å². The monoisotopic (exact) mass is 205 g/mol. The first kappa shape index (κ1) is 10.7. The van der Waals surface area contributed by atoms with Gasteiger partial charge in [-0.2, -0.15) is 5.26 Å². The average Bonchev–Trinajstić information content (AvgIpc) is 2.63. The van der Waals surface area contributed by atoms with Crippen LogP contribution in [0.5, 0.6) is 0 Å².